The molecule has 0 saturated carbocycles. The van der Waals surface area contributed by atoms with Gasteiger partial charge < -0.3 is 18.3 Å². The molecule has 0 radical (unpaired) electrons. The van der Waals surface area contributed by atoms with Gasteiger partial charge in [-0.1, -0.05) is 65.2 Å². The predicted molar refractivity (Wildman–Crippen MR) is 164 cm³/mol. The fraction of sp³-hybridized carbons (Fsp3) is 0.438. The lowest BCUT2D eigenvalue weighted by atomic mass is 10.2. The van der Waals surface area contributed by atoms with Crippen molar-refractivity contribution in [2.45, 2.75) is 78.1 Å². The Bertz CT molecular complexity index is 1420. The molecule has 0 aliphatic carbocycles. The Balaban J connectivity index is 1.13. The molecule has 0 amide bonds. The van der Waals surface area contributed by atoms with Gasteiger partial charge in [0, 0.05) is 11.1 Å². The highest BCUT2D eigenvalue weighted by Gasteiger charge is 2.18. The molecule has 2 aromatic carbocycles. The molecule has 230 valence electrons. The number of benzene rings is 2. The van der Waals surface area contributed by atoms with Gasteiger partial charge in [-0.15, -0.1) is 40.8 Å². The molecule has 0 aliphatic heterocycles. The van der Waals surface area contributed by atoms with E-state index in [-0.39, 0.29) is 23.4 Å². The third-order valence-corrected chi connectivity index (χ3v) is 6.95. The summed E-state index contributed by atoms with van der Waals surface area (Å²) in [5.74, 6) is 2.59. The minimum absolute atomic E-state index is 0.0798. The molecule has 0 N–H and O–H groups in total. The van der Waals surface area contributed by atoms with Crippen LogP contribution in [-0.2, 0) is 0 Å². The summed E-state index contributed by atoms with van der Waals surface area (Å²) in [5, 5.41) is 32.6. The summed E-state index contributed by atoms with van der Waals surface area (Å²) >= 11 is 0. The standard InChI is InChI=1S/C32H38N8O4/c1-3-5-7-9-11-21-41-25-17-13-23(14-18-25)29-37-39-31(43-29)27-33-35-28(36-34-27)32-40-38-30(44-32)24-15-19-26(20-16-24)42-22-12-10-8-6-4-2/h13-20H,3-12,21-22H2,1-2H3. The summed E-state index contributed by atoms with van der Waals surface area (Å²) in [5.41, 5.74) is 1.49. The van der Waals surface area contributed by atoms with E-state index in [4.69, 9.17) is 18.3 Å². The molecule has 0 saturated heterocycles. The van der Waals surface area contributed by atoms with Crippen LogP contribution < -0.4 is 9.47 Å². The highest BCUT2D eigenvalue weighted by atomic mass is 16.5. The summed E-state index contributed by atoms with van der Waals surface area (Å²) in [6.07, 6.45) is 12.0. The van der Waals surface area contributed by atoms with Gasteiger partial charge in [0.05, 0.1) is 13.2 Å². The summed E-state index contributed by atoms with van der Waals surface area (Å²) in [7, 11) is 0. The molecule has 0 spiro atoms. The fourth-order valence-corrected chi connectivity index (χ4v) is 4.44. The van der Waals surface area contributed by atoms with Crippen molar-refractivity contribution in [1.29, 1.82) is 0 Å². The third-order valence-electron chi connectivity index (χ3n) is 6.95. The minimum Gasteiger partial charge on any atom is -0.494 e. The van der Waals surface area contributed by atoms with Gasteiger partial charge in [0.15, 0.2) is 0 Å². The van der Waals surface area contributed by atoms with Gasteiger partial charge in [-0.2, -0.15) is 0 Å². The first-order chi connectivity index (χ1) is 21.7. The van der Waals surface area contributed by atoms with E-state index in [1.165, 1.54) is 51.4 Å². The Morgan fingerprint density at radius 3 is 1.18 bits per heavy atom. The van der Waals surface area contributed by atoms with Gasteiger partial charge in [0.25, 0.3) is 23.4 Å². The maximum atomic E-state index is 5.83. The van der Waals surface area contributed by atoms with Crippen molar-refractivity contribution < 1.29 is 18.3 Å². The quantitative estimate of drug-likeness (QED) is 0.0925. The molecular weight excluding hydrogens is 560 g/mol. The normalized spacial score (nSPS) is 11.1. The monoisotopic (exact) mass is 598 g/mol. The molecule has 5 aromatic rings. The first-order valence-corrected chi connectivity index (χ1v) is 15.4. The lowest BCUT2D eigenvalue weighted by molar-refractivity contribution is 0.304. The van der Waals surface area contributed by atoms with Gasteiger partial charge in [0.1, 0.15) is 11.5 Å². The highest BCUT2D eigenvalue weighted by Crippen LogP contribution is 2.26. The average Bonchev–Trinajstić information content (AvgIpc) is 3.76. The van der Waals surface area contributed by atoms with Crippen molar-refractivity contribution in [3.05, 3.63) is 48.5 Å². The van der Waals surface area contributed by atoms with Crippen LogP contribution in [0.5, 0.6) is 11.5 Å². The molecule has 0 aliphatic rings. The molecular formula is C32H38N8O4. The van der Waals surface area contributed by atoms with E-state index >= 15 is 0 Å². The molecule has 0 atom stereocenters. The van der Waals surface area contributed by atoms with Crippen LogP contribution in [0.25, 0.3) is 46.3 Å². The van der Waals surface area contributed by atoms with E-state index in [9.17, 15) is 0 Å². The molecule has 3 aromatic heterocycles. The van der Waals surface area contributed by atoms with Gasteiger partial charge in [-0.05, 0) is 61.4 Å². The topological polar surface area (TPSA) is 148 Å². The van der Waals surface area contributed by atoms with Crippen molar-refractivity contribution in [2.75, 3.05) is 13.2 Å². The zero-order chi connectivity index (χ0) is 30.4. The van der Waals surface area contributed by atoms with Gasteiger partial charge >= 0.3 is 0 Å². The second-order valence-corrected chi connectivity index (χ2v) is 10.4. The van der Waals surface area contributed by atoms with Crippen molar-refractivity contribution in [2.24, 2.45) is 0 Å². The number of hydrogen-bond donors (Lipinski definition) is 0. The maximum Gasteiger partial charge on any atom is 0.289 e. The highest BCUT2D eigenvalue weighted by molar-refractivity contribution is 5.57. The first-order valence-electron chi connectivity index (χ1n) is 15.4. The fourth-order valence-electron chi connectivity index (χ4n) is 4.44. The molecule has 0 fully saturated rings. The van der Waals surface area contributed by atoms with Crippen LogP contribution in [0.1, 0.15) is 78.1 Å². The Morgan fingerprint density at radius 2 is 0.795 bits per heavy atom. The molecule has 5 rings (SSSR count). The molecule has 0 unspecified atom stereocenters. The SMILES string of the molecule is CCCCCCCOc1ccc(-c2nnc(-c3nnc(-c4nnc(-c5ccc(OCCCCCCC)cc5)o4)nn3)o2)cc1. The largest absolute Gasteiger partial charge is 0.494 e. The zero-order valence-corrected chi connectivity index (χ0v) is 25.3. The molecule has 12 nitrogen and oxygen atoms in total. The number of rotatable bonds is 18. The second-order valence-electron chi connectivity index (χ2n) is 10.4. The molecule has 0 bridgehead atoms. The van der Waals surface area contributed by atoms with Crippen LogP contribution in [0, 0.1) is 0 Å². The van der Waals surface area contributed by atoms with Gasteiger partial charge in [-0.3, -0.25) is 0 Å². The maximum absolute atomic E-state index is 5.83. The van der Waals surface area contributed by atoms with Crippen LogP contribution in [0.15, 0.2) is 57.4 Å². The minimum atomic E-state index is 0.0798. The molecule has 3 heterocycles. The predicted octanol–water partition coefficient (Wildman–Crippen LogP) is 7.40. The Morgan fingerprint density at radius 1 is 0.432 bits per heavy atom. The third kappa shape index (κ3) is 8.65. The lowest BCUT2D eigenvalue weighted by Gasteiger charge is -2.06. The van der Waals surface area contributed by atoms with E-state index in [1.54, 1.807) is 0 Å². The van der Waals surface area contributed by atoms with Crippen molar-refractivity contribution >= 4 is 0 Å². The lowest BCUT2D eigenvalue weighted by Crippen LogP contribution is -1.99. The van der Waals surface area contributed by atoms with Gasteiger partial charge in [0.2, 0.25) is 11.8 Å². The van der Waals surface area contributed by atoms with E-state index in [2.05, 4.69) is 54.6 Å². The van der Waals surface area contributed by atoms with Crippen LogP contribution in [0.2, 0.25) is 0 Å². The molecule has 12 heteroatoms. The van der Waals surface area contributed by atoms with Crippen LogP contribution in [0.4, 0.5) is 0 Å². The van der Waals surface area contributed by atoms with Gasteiger partial charge in [-0.25, -0.2) is 0 Å². The van der Waals surface area contributed by atoms with Crippen molar-refractivity contribution in [1.82, 2.24) is 40.8 Å². The smallest absolute Gasteiger partial charge is 0.289 e. The van der Waals surface area contributed by atoms with Crippen LogP contribution in [0.3, 0.4) is 0 Å². The van der Waals surface area contributed by atoms with Crippen LogP contribution >= 0.6 is 0 Å². The van der Waals surface area contributed by atoms with Crippen molar-refractivity contribution in [3.8, 4) is 57.8 Å². The second kappa shape index (κ2) is 16.2. The van der Waals surface area contributed by atoms with E-state index in [0.29, 0.717) is 25.0 Å². The summed E-state index contributed by atoms with van der Waals surface area (Å²) < 4.78 is 23.2. The van der Waals surface area contributed by atoms with E-state index < -0.39 is 0 Å². The first kappa shape index (κ1) is 30.7. The summed E-state index contributed by atoms with van der Waals surface area (Å²) in [6, 6.07) is 15.0. The zero-order valence-electron chi connectivity index (χ0n) is 25.3. The Labute approximate surface area is 256 Å². The van der Waals surface area contributed by atoms with E-state index in [1.807, 2.05) is 48.5 Å². The molecule has 44 heavy (non-hydrogen) atoms. The average molecular weight is 599 g/mol. The Kier molecular flexibility index (Phi) is 11.3. The summed E-state index contributed by atoms with van der Waals surface area (Å²) in [6.45, 7) is 5.83. The number of hydrogen-bond acceptors (Lipinski definition) is 12. The number of nitrogens with zero attached hydrogens (tertiary/aromatic N) is 8. The van der Waals surface area contributed by atoms with Crippen molar-refractivity contribution in [3.63, 3.8) is 0 Å². The number of aromatic nitrogens is 8. The number of ether oxygens (including phenoxy) is 2. The number of unbranched alkanes of at least 4 members (excludes halogenated alkanes) is 8. The van der Waals surface area contributed by atoms with Crippen LogP contribution in [-0.4, -0.2) is 54.0 Å². The Hall–Kier alpha value is -4.74. The summed E-state index contributed by atoms with van der Waals surface area (Å²) in [4.78, 5) is 0. The van der Waals surface area contributed by atoms with E-state index in [0.717, 1.165) is 35.5 Å².